The molecule has 4 rings (SSSR count). The van der Waals surface area contributed by atoms with Crippen molar-refractivity contribution in [2.24, 2.45) is 0 Å². The van der Waals surface area contributed by atoms with Crippen molar-refractivity contribution in [3.63, 3.8) is 0 Å². The van der Waals surface area contributed by atoms with Gasteiger partial charge in [-0.05, 0) is 32.4 Å². The third-order valence-corrected chi connectivity index (χ3v) is 4.38. The Bertz CT molecular complexity index is 821. The highest BCUT2D eigenvalue weighted by atomic mass is 16.6. The van der Waals surface area contributed by atoms with Gasteiger partial charge in [-0.3, -0.25) is 4.90 Å². The van der Waals surface area contributed by atoms with E-state index in [1.807, 2.05) is 32.9 Å². The number of para-hydroxylation sites is 1. The first-order valence-corrected chi connectivity index (χ1v) is 8.81. The smallest absolute Gasteiger partial charge is 0.410 e. The van der Waals surface area contributed by atoms with Gasteiger partial charge in [0.05, 0.1) is 18.8 Å². The summed E-state index contributed by atoms with van der Waals surface area (Å²) in [5.74, 6) is 0.570. The number of hydrogen-bond donors (Lipinski definition) is 2. The molecule has 1 aromatic heterocycles. The second-order valence-corrected chi connectivity index (χ2v) is 7.70. The molecule has 3 heterocycles. The largest absolute Gasteiger partial charge is 0.444 e. The zero-order valence-electron chi connectivity index (χ0n) is 15.2. The third kappa shape index (κ3) is 3.42. The molecule has 0 fully saturated rings. The van der Waals surface area contributed by atoms with E-state index in [0.717, 1.165) is 23.4 Å². The van der Waals surface area contributed by atoms with Crippen molar-refractivity contribution in [2.45, 2.75) is 52.0 Å². The highest BCUT2D eigenvalue weighted by Crippen LogP contribution is 2.27. The summed E-state index contributed by atoms with van der Waals surface area (Å²) >= 11 is 0. The van der Waals surface area contributed by atoms with Gasteiger partial charge in [-0.2, -0.15) is 0 Å². The van der Waals surface area contributed by atoms with Gasteiger partial charge in [0, 0.05) is 23.9 Å². The van der Waals surface area contributed by atoms with Gasteiger partial charge in [-0.25, -0.2) is 14.8 Å². The SMILES string of the molecule is CC(C)(C)OC(=O)N1Cc2cnc(NC3Cc4ccccc4N3)nc2C1. The Hall–Kier alpha value is -2.83. The Balaban J connectivity index is 1.41. The summed E-state index contributed by atoms with van der Waals surface area (Å²) in [6.45, 7) is 6.52. The zero-order valence-corrected chi connectivity index (χ0v) is 15.2. The molecule has 2 N–H and O–H groups in total. The van der Waals surface area contributed by atoms with E-state index in [1.165, 1.54) is 5.56 Å². The number of amides is 1. The zero-order chi connectivity index (χ0) is 18.3. The quantitative estimate of drug-likeness (QED) is 0.863. The monoisotopic (exact) mass is 353 g/mol. The number of nitrogens with zero attached hydrogens (tertiary/aromatic N) is 3. The number of rotatable bonds is 2. The van der Waals surface area contributed by atoms with Crippen LogP contribution in [0, 0.1) is 0 Å². The minimum Gasteiger partial charge on any atom is -0.444 e. The summed E-state index contributed by atoms with van der Waals surface area (Å²) < 4.78 is 5.44. The minimum absolute atomic E-state index is 0.0637. The lowest BCUT2D eigenvalue weighted by Gasteiger charge is -2.23. The van der Waals surface area contributed by atoms with Gasteiger partial charge in [-0.1, -0.05) is 18.2 Å². The normalized spacial score (nSPS) is 18.1. The van der Waals surface area contributed by atoms with Crippen LogP contribution in [0.4, 0.5) is 16.4 Å². The van der Waals surface area contributed by atoms with Crippen molar-refractivity contribution >= 4 is 17.7 Å². The lowest BCUT2D eigenvalue weighted by Crippen LogP contribution is -2.33. The molecule has 1 aromatic carbocycles. The van der Waals surface area contributed by atoms with Crippen LogP contribution in [0.3, 0.4) is 0 Å². The fourth-order valence-corrected chi connectivity index (χ4v) is 3.22. The third-order valence-electron chi connectivity index (χ3n) is 4.38. The van der Waals surface area contributed by atoms with Crippen molar-refractivity contribution in [2.75, 3.05) is 10.6 Å². The van der Waals surface area contributed by atoms with Gasteiger partial charge in [-0.15, -0.1) is 0 Å². The summed E-state index contributed by atoms with van der Waals surface area (Å²) in [5.41, 5.74) is 3.74. The molecule has 0 saturated carbocycles. The second kappa shape index (κ2) is 6.16. The predicted molar refractivity (Wildman–Crippen MR) is 98.7 cm³/mol. The summed E-state index contributed by atoms with van der Waals surface area (Å²) in [4.78, 5) is 22.9. The molecule has 1 amide bonds. The fraction of sp³-hybridized carbons (Fsp3) is 0.421. The number of carbonyl (C=O) groups excluding carboxylic acids is 1. The molecule has 1 unspecified atom stereocenters. The van der Waals surface area contributed by atoms with Crippen LogP contribution in [0.25, 0.3) is 0 Å². The first-order chi connectivity index (χ1) is 12.4. The van der Waals surface area contributed by atoms with E-state index in [2.05, 4.69) is 32.7 Å². The maximum Gasteiger partial charge on any atom is 0.410 e. The van der Waals surface area contributed by atoms with Crippen LogP contribution in [0.5, 0.6) is 0 Å². The molecule has 1 atom stereocenters. The van der Waals surface area contributed by atoms with E-state index in [4.69, 9.17) is 4.74 Å². The number of nitrogens with one attached hydrogen (secondary N) is 2. The second-order valence-electron chi connectivity index (χ2n) is 7.70. The van der Waals surface area contributed by atoms with Crippen LogP contribution in [-0.4, -0.2) is 32.7 Å². The maximum absolute atomic E-state index is 12.2. The van der Waals surface area contributed by atoms with Gasteiger partial charge >= 0.3 is 6.09 Å². The van der Waals surface area contributed by atoms with Crippen molar-refractivity contribution in [3.05, 3.63) is 47.3 Å². The molecule has 0 bridgehead atoms. The molecule has 2 aliphatic rings. The first-order valence-electron chi connectivity index (χ1n) is 8.81. The Morgan fingerprint density at radius 3 is 2.85 bits per heavy atom. The summed E-state index contributed by atoms with van der Waals surface area (Å²) in [6.07, 6.45) is 2.41. The van der Waals surface area contributed by atoms with Crippen LogP contribution in [0.2, 0.25) is 0 Å². The molecule has 0 aliphatic carbocycles. The van der Waals surface area contributed by atoms with Crippen LogP contribution in [0.15, 0.2) is 30.5 Å². The van der Waals surface area contributed by atoms with E-state index >= 15 is 0 Å². The van der Waals surface area contributed by atoms with Crippen molar-refractivity contribution < 1.29 is 9.53 Å². The molecular formula is C19H23N5O2. The topological polar surface area (TPSA) is 79.4 Å². The number of carbonyl (C=O) groups is 1. The minimum atomic E-state index is -0.507. The number of ether oxygens (including phenoxy) is 1. The van der Waals surface area contributed by atoms with E-state index in [1.54, 1.807) is 11.1 Å². The average molecular weight is 353 g/mol. The number of benzene rings is 1. The summed E-state index contributed by atoms with van der Waals surface area (Å²) in [6, 6.07) is 8.25. The predicted octanol–water partition coefficient (Wildman–Crippen LogP) is 3.13. The molecule has 7 heteroatoms. The fourth-order valence-electron chi connectivity index (χ4n) is 3.22. The average Bonchev–Trinajstić information content (AvgIpc) is 3.15. The Morgan fingerprint density at radius 1 is 1.27 bits per heavy atom. The lowest BCUT2D eigenvalue weighted by molar-refractivity contribution is 0.0240. The summed E-state index contributed by atoms with van der Waals surface area (Å²) in [7, 11) is 0. The molecule has 2 aromatic rings. The molecule has 0 saturated heterocycles. The molecular weight excluding hydrogens is 330 g/mol. The van der Waals surface area contributed by atoms with E-state index in [-0.39, 0.29) is 12.3 Å². The standard InChI is InChI=1S/C19H23N5O2/c1-19(2,3)26-18(25)24-10-13-9-20-17(22-15(13)11-24)23-16-8-12-6-4-5-7-14(12)21-16/h4-7,9,16,21H,8,10-11H2,1-3H3,(H,20,22,23). The van der Waals surface area contributed by atoms with Crippen molar-refractivity contribution in [1.29, 1.82) is 0 Å². The molecule has 2 aliphatic heterocycles. The number of fused-ring (bicyclic) bond motifs is 2. The Morgan fingerprint density at radius 2 is 2.08 bits per heavy atom. The lowest BCUT2D eigenvalue weighted by atomic mass is 10.1. The highest BCUT2D eigenvalue weighted by molar-refractivity contribution is 5.69. The van der Waals surface area contributed by atoms with Gasteiger partial charge in [0.25, 0.3) is 0 Å². The number of anilines is 2. The maximum atomic E-state index is 12.2. The number of aromatic nitrogens is 2. The molecule has 7 nitrogen and oxygen atoms in total. The molecule has 136 valence electrons. The van der Waals surface area contributed by atoms with Crippen molar-refractivity contribution in [1.82, 2.24) is 14.9 Å². The summed E-state index contributed by atoms with van der Waals surface area (Å²) in [5, 5.41) is 6.76. The van der Waals surface area contributed by atoms with E-state index in [9.17, 15) is 4.79 Å². The number of hydrogen-bond acceptors (Lipinski definition) is 6. The van der Waals surface area contributed by atoms with E-state index < -0.39 is 5.60 Å². The van der Waals surface area contributed by atoms with Crippen LogP contribution >= 0.6 is 0 Å². The highest BCUT2D eigenvalue weighted by Gasteiger charge is 2.29. The van der Waals surface area contributed by atoms with Crippen LogP contribution in [0.1, 0.15) is 37.6 Å². The van der Waals surface area contributed by atoms with Crippen LogP contribution in [-0.2, 0) is 24.2 Å². The van der Waals surface area contributed by atoms with Gasteiger partial charge in [0.15, 0.2) is 0 Å². The van der Waals surface area contributed by atoms with Gasteiger partial charge < -0.3 is 15.4 Å². The first kappa shape index (κ1) is 16.6. The van der Waals surface area contributed by atoms with Crippen molar-refractivity contribution in [3.8, 4) is 0 Å². The molecule has 0 radical (unpaired) electrons. The Labute approximate surface area is 152 Å². The molecule has 26 heavy (non-hydrogen) atoms. The Kier molecular flexibility index (Phi) is 3.94. The van der Waals surface area contributed by atoms with Crippen LogP contribution < -0.4 is 10.6 Å². The molecule has 0 spiro atoms. The van der Waals surface area contributed by atoms with Gasteiger partial charge in [0.1, 0.15) is 11.8 Å². The van der Waals surface area contributed by atoms with E-state index in [0.29, 0.717) is 19.0 Å². The van der Waals surface area contributed by atoms with Gasteiger partial charge in [0.2, 0.25) is 5.95 Å².